The summed E-state index contributed by atoms with van der Waals surface area (Å²) < 4.78 is 6.84. The summed E-state index contributed by atoms with van der Waals surface area (Å²) >= 11 is 13.0. The van der Waals surface area contributed by atoms with Crippen LogP contribution < -0.4 is 0 Å². The van der Waals surface area contributed by atoms with E-state index in [0.29, 0.717) is 22.1 Å². The first-order chi connectivity index (χ1) is 9.02. The Kier molecular flexibility index (Phi) is 4.95. The van der Waals surface area contributed by atoms with E-state index in [2.05, 4.69) is 41.8 Å². The SMILES string of the molecule is COCc1nc(-c2ccc(Br)c(C)c2)nc(Cl)c1Br. The maximum atomic E-state index is 6.11. The fourth-order valence-electron chi connectivity index (χ4n) is 1.61. The first-order valence-corrected chi connectivity index (χ1v) is 7.46. The van der Waals surface area contributed by atoms with Crippen molar-refractivity contribution in [3.63, 3.8) is 0 Å². The highest BCUT2D eigenvalue weighted by molar-refractivity contribution is 9.10. The smallest absolute Gasteiger partial charge is 0.161 e. The van der Waals surface area contributed by atoms with E-state index in [0.717, 1.165) is 21.3 Å². The van der Waals surface area contributed by atoms with Gasteiger partial charge in [-0.05, 0) is 40.5 Å². The third kappa shape index (κ3) is 3.34. The highest BCUT2D eigenvalue weighted by Gasteiger charge is 2.12. The first-order valence-electron chi connectivity index (χ1n) is 5.50. The molecule has 2 aromatic rings. The lowest BCUT2D eigenvalue weighted by molar-refractivity contribution is 0.181. The molecule has 0 aliphatic heterocycles. The van der Waals surface area contributed by atoms with Crippen molar-refractivity contribution in [2.45, 2.75) is 13.5 Å². The molecular weight excluding hydrogens is 395 g/mol. The van der Waals surface area contributed by atoms with Gasteiger partial charge in [-0.1, -0.05) is 33.6 Å². The van der Waals surface area contributed by atoms with E-state index in [-0.39, 0.29) is 0 Å². The number of halogens is 3. The number of hydrogen-bond acceptors (Lipinski definition) is 3. The lowest BCUT2D eigenvalue weighted by Crippen LogP contribution is -2.00. The van der Waals surface area contributed by atoms with Gasteiger partial charge in [-0.25, -0.2) is 9.97 Å². The van der Waals surface area contributed by atoms with Crippen molar-refractivity contribution in [3.8, 4) is 11.4 Å². The molecule has 3 nitrogen and oxygen atoms in total. The van der Waals surface area contributed by atoms with Crippen LogP contribution in [0, 0.1) is 6.92 Å². The Hall–Kier alpha value is -0.490. The number of rotatable bonds is 3. The normalized spacial score (nSPS) is 10.8. The van der Waals surface area contributed by atoms with Crippen LogP contribution in [-0.4, -0.2) is 17.1 Å². The summed E-state index contributed by atoms with van der Waals surface area (Å²) in [7, 11) is 1.62. The summed E-state index contributed by atoms with van der Waals surface area (Å²) in [5.74, 6) is 0.593. The second-order valence-electron chi connectivity index (χ2n) is 4.00. The zero-order valence-corrected chi connectivity index (χ0v) is 14.3. The average Bonchev–Trinajstić information content (AvgIpc) is 2.38. The van der Waals surface area contributed by atoms with Crippen LogP contribution in [0.15, 0.2) is 27.1 Å². The van der Waals surface area contributed by atoms with Gasteiger partial charge in [0.05, 0.1) is 16.8 Å². The summed E-state index contributed by atoms with van der Waals surface area (Å²) in [6.45, 7) is 2.40. The van der Waals surface area contributed by atoms with Crippen molar-refractivity contribution in [2.24, 2.45) is 0 Å². The maximum absolute atomic E-state index is 6.11. The molecule has 0 saturated carbocycles. The number of aryl methyl sites for hydroxylation is 1. The molecule has 0 bridgehead atoms. The molecule has 0 unspecified atom stereocenters. The molecule has 6 heteroatoms. The van der Waals surface area contributed by atoms with Crippen LogP contribution in [0.25, 0.3) is 11.4 Å². The molecule has 1 aromatic heterocycles. The summed E-state index contributed by atoms with van der Waals surface area (Å²) in [4.78, 5) is 8.77. The van der Waals surface area contributed by atoms with Crippen LogP contribution in [-0.2, 0) is 11.3 Å². The zero-order valence-electron chi connectivity index (χ0n) is 10.4. The minimum atomic E-state index is 0.380. The van der Waals surface area contributed by atoms with Crippen LogP contribution in [0.3, 0.4) is 0 Å². The van der Waals surface area contributed by atoms with Gasteiger partial charge < -0.3 is 4.74 Å². The van der Waals surface area contributed by atoms with Crippen molar-refractivity contribution in [3.05, 3.63) is 43.6 Å². The minimum Gasteiger partial charge on any atom is -0.378 e. The Morgan fingerprint density at radius 3 is 2.63 bits per heavy atom. The predicted octanol–water partition coefficient (Wildman–Crippen LogP) is 4.78. The molecule has 0 aliphatic carbocycles. The van der Waals surface area contributed by atoms with E-state index in [4.69, 9.17) is 16.3 Å². The predicted molar refractivity (Wildman–Crippen MR) is 83.3 cm³/mol. The van der Waals surface area contributed by atoms with E-state index in [1.807, 2.05) is 25.1 Å². The Balaban J connectivity index is 2.52. The van der Waals surface area contributed by atoms with Crippen LogP contribution in [0.2, 0.25) is 5.15 Å². The van der Waals surface area contributed by atoms with E-state index in [1.54, 1.807) is 7.11 Å². The average molecular weight is 407 g/mol. The summed E-state index contributed by atoms with van der Waals surface area (Å²) in [6.07, 6.45) is 0. The minimum absolute atomic E-state index is 0.380. The Morgan fingerprint density at radius 1 is 1.26 bits per heavy atom. The van der Waals surface area contributed by atoms with Gasteiger partial charge in [0.25, 0.3) is 0 Å². The number of benzene rings is 1. The number of ether oxygens (including phenoxy) is 1. The first kappa shape index (κ1) is 14.9. The highest BCUT2D eigenvalue weighted by Crippen LogP contribution is 2.29. The number of methoxy groups -OCH3 is 1. The molecule has 0 amide bonds. The van der Waals surface area contributed by atoms with Crippen LogP contribution in [0.4, 0.5) is 0 Å². The van der Waals surface area contributed by atoms with Gasteiger partial charge in [-0.2, -0.15) is 0 Å². The van der Waals surface area contributed by atoms with Gasteiger partial charge in [0.15, 0.2) is 5.82 Å². The molecule has 1 aromatic carbocycles. The number of aromatic nitrogens is 2. The quantitative estimate of drug-likeness (QED) is 0.689. The second kappa shape index (κ2) is 6.31. The lowest BCUT2D eigenvalue weighted by Gasteiger charge is -2.08. The largest absolute Gasteiger partial charge is 0.378 e. The van der Waals surface area contributed by atoms with E-state index >= 15 is 0 Å². The van der Waals surface area contributed by atoms with Crippen molar-refractivity contribution in [1.29, 1.82) is 0 Å². The molecule has 0 atom stereocenters. The van der Waals surface area contributed by atoms with Gasteiger partial charge in [-0.15, -0.1) is 0 Å². The summed E-state index contributed by atoms with van der Waals surface area (Å²) in [6, 6.07) is 5.94. The number of hydrogen-bond donors (Lipinski definition) is 0. The maximum Gasteiger partial charge on any atom is 0.161 e. The zero-order chi connectivity index (χ0) is 14.0. The van der Waals surface area contributed by atoms with Crippen LogP contribution >= 0.6 is 43.5 Å². The highest BCUT2D eigenvalue weighted by atomic mass is 79.9. The van der Waals surface area contributed by atoms with Gasteiger partial charge in [0.1, 0.15) is 5.15 Å². The molecule has 1 heterocycles. The molecule has 2 rings (SSSR count). The fraction of sp³-hybridized carbons (Fsp3) is 0.231. The molecule has 0 fully saturated rings. The van der Waals surface area contributed by atoms with Gasteiger partial charge in [0, 0.05) is 17.1 Å². The van der Waals surface area contributed by atoms with E-state index in [9.17, 15) is 0 Å². The van der Waals surface area contributed by atoms with Gasteiger partial charge in [-0.3, -0.25) is 0 Å². The standard InChI is InChI=1S/C13H11Br2ClN2O/c1-7-5-8(3-4-9(7)14)13-17-10(6-19-2)11(15)12(16)18-13/h3-5H,6H2,1-2H3. The molecular formula is C13H11Br2ClN2O. The Labute approximate surface area is 133 Å². The van der Waals surface area contributed by atoms with Crippen molar-refractivity contribution < 1.29 is 4.74 Å². The van der Waals surface area contributed by atoms with Crippen molar-refractivity contribution in [1.82, 2.24) is 9.97 Å². The topological polar surface area (TPSA) is 35.0 Å². The third-order valence-electron chi connectivity index (χ3n) is 2.58. The summed E-state index contributed by atoms with van der Waals surface area (Å²) in [5.41, 5.74) is 2.78. The van der Waals surface area contributed by atoms with Gasteiger partial charge in [0.2, 0.25) is 0 Å². The van der Waals surface area contributed by atoms with Crippen LogP contribution in [0.5, 0.6) is 0 Å². The van der Waals surface area contributed by atoms with Crippen LogP contribution in [0.1, 0.15) is 11.3 Å². The molecule has 0 saturated heterocycles. The lowest BCUT2D eigenvalue weighted by atomic mass is 10.1. The third-order valence-corrected chi connectivity index (χ3v) is 4.80. The molecule has 0 aliphatic rings. The van der Waals surface area contributed by atoms with Gasteiger partial charge >= 0.3 is 0 Å². The Bertz CT molecular complexity index is 620. The van der Waals surface area contributed by atoms with E-state index < -0.39 is 0 Å². The van der Waals surface area contributed by atoms with E-state index in [1.165, 1.54) is 0 Å². The molecule has 0 spiro atoms. The monoisotopic (exact) mass is 404 g/mol. The Morgan fingerprint density at radius 2 is 2.00 bits per heavy atom. The molecule has 19 heavy (non-hydrogen) atoms. The molecule has 0 radical (unpaired) electrons. The fourth-order valence-corrected chi connectivity index (χ4v) is 2.34. The second-order valence-corrected chi connectivity index (χ2v) is 6.00. The number of nitrogens with zero attached hydrogens (tertiary/aromatic N) is 2. The van der Waals surface area contributed by atoms with Crippen molar-refractivity contribution >= 4 is 43.5 Å². The molecule has 100 valence electrons. The summed E-state index contributed by atoms with van der Waals surface area (Å²) in [5, 5.41) is 0.387. The van der Waals surface area contributed by atoms with Crippen molar-refractivity contribution in [2.75, 3.05) is 7.11 Å². The molecule has 0 N–H and O–H groups in total.